The fourth-order valence-corrected chi connectivity index (χ4v) is 3.10. The van der Waals surface area contributed by atoms with E-state index < -0.39 is 0 Å². The Morgan fingerprint density at radius 2 is 2.18 bits per heavy atom. The summed E-state index contributed by atoms with van der Waals surface area (Å²) in [6.45, 7) is 1.91. The first-order valence-electron chi connectivity index (χ1n) is 7.31. The van der Waals surface area contributed by atoms with E-state index in [1.165, 1.54) is 12.0 Å². The summed E-state index contributed by atoms with van der Waals surface area (Å²) in [4.78, 5) is 19.4. The molecule has 1 aliphatic rings. The molecule has 1 atom stereocenters. The monoisotopic (exact) mass is 295 g/mol. The fourth-order valence-electron chi connectivity index (χ4n) is 3.10. The zero-order valence-electron chi connectivity index (χ0n) is 12.3. The number of rotatable bonds is 2. The quantitative estimate of drug-likeness (QED) is 0.767. The molecule has 1 unspecified atom stereocenters. The number of nitrogen functional groups attached to an aromatic ring is 1. The lowest BCUT2D eigenvalue weighted by Gasteiger charge is -2.18. The van der Waals surface area contributed by atoms with Crippen LogP contribution in [0, 0.1) is 0 Å². The van der Waals surface area contributed by atoms with E-state index in [2.05, 4.69) is 29.4 Å². The average molecular weight is 295 g/mol. The van der Waals surface area contributed by atoms with Crippen molar-refractivity contribution in [2.45, 2.75) is 12.3 Å². The molecule has 0 spiro atoms. The summed E-state index contributed by atoms with van der Waals surface area (Å²) in [6, 6.07) is 3.95. The Hall–Kier alpha value is -2.70. The molecule has 3 aromatic rings. The molecule has 22 heavy (non-hydrogen) atoms. The molecule has 1 aliphatic heterocycles. The number of anilines is 2. The maximum Gasteiger partial charge on any atom is 0.153 e. The van der Waals surface area contributed by atoms with Crippen molar-refractivity contribution in [1.82, 2.24) is 24.5 Å². The van der Waals surface area contributed by atoms with Crippen LogP contribution >= 0.6 is 0 Å². The summed E-state index contributed by atoms with van der Waals surface area (Å²) < 4.78 is 2.09. The molecule has 3 aromatic heterocycles. The molecule has 2 N–H and O–H groups in total. The van der Waals surface area contributed by atoms with Crippen molar-refractivity contribution in [1.29, 1.82) is 0 Å². The van der Waals surface area contributed by atoms with Gasteiger partial charge in [0.15, 0.2) is 5.82 Å². The van der Waals surface area contributed by atoms with Crippen LogP contribution in [0.2, 0.25) is 0 Å². The molecule has 112 valence electrons. The molecule has 7 heteroatoms. The van der Waals surface area contributed by atoms with Gasteiger partial charge in [-0.3, -0.25) is 0 Å². The van der Waals surface area contributed by atoms with Crippen LogP contribution in [-0.2, 0) is 7.05 Å². The highest BCUT2D eigenvalue weighted by atomic mass is 15.2. The molecule has 1 fully saturated rings. The van der Waals surface area contributed by atoms with Gasteiger partial charge in [-0.15, -0.1) is 0 Å². The minimum absolute atomic E-state index is 0.425. The number of nitrogens with two attached hydrogens (primary N) is 1. The first kappa shape index (κ1) is 13.0. The summed E-state index contributed by atoms with van der Waals surface area (Å²) in [5.41, 5.74) is 8.62. The van der Waals surface area contributed by atoms with Crippen LogP contribution in [-0.4, -0.2) is 37.6 Å². The van der Waals surface area contributed by atoms with Crippen LogP contribution in [0.5, 0.6) is 0 Å². The van der Waals surface area contributed by atoms with Crippen molar-refractivity contribution in [2.24, 2.45) is 7.05 Å². The summed E-state index contributed by atoms with van der Waals surface area (Å²) in [7, 11) is 2.04. The summed E-state index contributed by atoms with van der Waals surface area (Å²) >= 11 is 0. The molecule has 0 bridgehead atoms. The topological polar surface area (TPSA) is 85.8 Å². The molecule has 0 saturated carbocycles. The fraction of sp³-hybridized carbons (Fsp3) is 0.333. The minimum atomic E-state index is 0.425. The number of imidazole rings is 1. The maximum absolute atomic E-state index is 5.90. The van der Waals surface area contributed by atoms with Crippen LogP contribution < -0.4 is 10.6 Å². The van der Waals surface area contributed by atoms with Gasteiger partial charge in [-0.2, -0.15) is 0 Å². The number of aromatic nitrogens is 5. The van der Waals surface area contributed by atoms with Crippen molar-refractivity contribution < 1.29 is 0 Å². The second kappa shape index (κ2) is 4.94. The highest BCUT2D eigenvalue weighted by Gasteiger charge is 2.26. The Bertz CT molecular complexity index is 826. The van der Waals surface area contributed by atoms with Gasteiger partial charge in [0.25, 0.3) is 0 Å². The number of hydrogen-bond donors (Lipinski definition) is 1. The van der Waals surface area contributed by atoms with Crippen LogP contribution in [0.15, 0.2) is 31.0 Å². The van der Waals surface area contributed by atoms with E-state index in [0.717, 1.165) is 30.8 Å². The first-order valence-corrected chi connectivity index (χ1v) is 7.31. The van der Waals surface area contributed by atoms with Gasteiger partial charge < -0.3 is 15.2 Å². The van der Waals surface area contributed by atoms with E-state index in [9.17, 15) is 0 Å². The number of pyridine rings is 1. The maximum atomic E-state index is 5.90. The third-order valence-corrected chi connectivity index (χ3v) is 4.28. The highest BCUT2D eigenvalue weighted by molar-refractivity contribution is 5.84. The lowest BCUT2D eigenvalue weighted by Crippen LogP contribution is -2.21. The van der Waals surface area contributed by atoms with Gasteiger partial charge in [-0.1, -0.05) is 0 Å². The molecule has 0 aliphatic carbocycles. The Kier molecular flexibility index (Phi) is 2.92. The van der Waals surface area contributed by atoms with Crippen molar-refractivity contribution in [2.75, 3.05) is 23.7 Å². The Balaban J connectivity index is 1.63. The molecule has 7 nitrogen and oxygen atoms in total. The first-order chi connectivity index (χ1) is 10.7. The van der Waals surface area contributed by atoms with Gasteiger partial charge in [0.1, 0.15) is 17.7 Å². The molecule has 0 aromatic carbocycles. The van der Waals surface area contributed by atoms with Crippen LogP contribution in [0.1, 0.15) is 18.0 Å². The average Bonchev–Trinajstić information content (AvgIpc) is 3.16. The van der Waals surface area contributed by atoms with E-state index in [1.807, 2.05) is 31.7 Å². The molecular formula is C15H17N7. The Labute approximate surface area is 127 Å². The summed E-state index contributed by atoms with van der Waals surface area (Å²) in [5.74, 6) is 1.84. The second-order valence-electron chi connectivity index (χ2n) is 5.66. The Morgan fingerprint density at radius 3 is 3.00 bits per heavy atom. The molecule has 0 radical (unpaired) electrons. The minimum Gasteiger partial charge on any atom is -0.382 e. The molecular weight excluding hydrogens is 278 g/mol. The largest absolute Gasteiger partial charge is 0.382 e. The van der Waals surface area contributed by atoms with E-state index in [0.29, 0.717) is 17.3 Å². The zero-order valence-corrected chi connectivity index (χ0v) is 12.3. The molecule has 1 saturated heterocycles. The van der Waals surface area contributed by atoms with Gasteiger partial charge in [0.2, 0.25) is 0 Å². The van der Waals surface area contributed by atoms with E-state index in [-0.39, 0.29) is 0 Å². The molecule has 4 rings (SSSR count). The van der Waals surface area contributed by atoms with Crippen molar-refractivity contribution in [3.05, 3.63) is 36.7 Å². The molecule has 0 amide bonds. The lowest BCUT2D eigenvalue weighted by atomic mass is 10.1. The third kappa shape index (κ3) is 2.05. The van der Waals surface area contributed by atoms with E-state index in [4.69, 9.17) is 5.73 Å². The SMILES string of the molecule is Cn1cncc1C1CCN(c2ccc3ncnc(N)c3n2)C1. The van der Waals surface area contributed by atoms with Gasteiger partial charge >= 0.3 is 0 Å². The van der Waals surface area contributed by atoms with Crippen molar-refractivity contribution in [3.63, 3.8) is 0 Å². The summed E-state index contributed by atoms with van der Waals surface area (Å²) in [5, 5.41) is 0. The van der Waals surface area contributed by atoms with Gasteiger partial charge in [-0.25, -0.2) is 19.9 Å². The number of fused-ring (bicyclic) bond motifs is 1. The molecule has 4 heterocycles. The van der Waals surface area contributed by atoms with E-state index >= 15 is 0 Å². The predicted molar refractivity (Wildman–Crippen MR) is 84.5 cm³/mol. The van der Waals surface area contributed by atoms with Crippen molar-refractivity contribution >= 4 is 22.7 Å². The predicted octanol–water partition coefficient (Wildman–Crippen LogP) is 1.33. The number of hydrogen-bond acceptors (Lipinski definition) is 6. The van der Waals surface area contributed by atoms with Crippen LogP contribution in [0.3, 0.4) is 0 Å². The Morgan fingerprint density at radius 1 is 1.27 bits per heavy atom. The lowest BCUT2D eigenvalue weighted by molar-refractivity contribution is 0.691. The van der Waals surface area contributed by atoms with Gasteiger partial charge in [-0.05, 0) is 18.6 Å². The zero-order chi connectivity index (χ0) is 15.1. The number of aryl methyl sites for hydroxylation is 1. The smallest absolute Gasteiger partial charge is 0.153 e. The van der Waals surface area contributed by atoms with Crippen molar-refractivity contribution in [3.8, 4) is 0 Å². The van der Waals surface area contributed by atoms with Crippen LogP contribution in [0.4, 0.5) is 11.6 Å². The second-order valence-corrected chi connectivity index (χ2v) is 5.66. The third-order valence-electron chi connectivity index (χ3n) is 4.28. The van der Waals surface area contributed by atoms with E-state index in [1.54, 1.807) is 0 Å². The van der Waals surface area contributed by atoms with Gasteiger partial charge in [0, 0.05) is 37.9 Å². The van der Waals surface area contributed by atoms with Crippen LogP contribution in [0.25, 0.3) is 11.0 Å². The normalized spacial score (nSPS) is 18.2. The number of nitrogens with zero attached hydrogens (tertiary/aromatic N) is 6. The van der Waals surface area contributed by atoms with Gasteiger partial charge in [0.05, 0.1) is 11.8 Å². The standard InChI is InChI=1S/C15H17N7/c1-21-9-17-6-12(21)10-4-5-22(7-10)13-3-2-11-14(20-13)15(16)19-8-18-11/h2-3,6,8-10H,4-5,7H2,1H3,(H2,16,18,19). The highest BCUT2D eigenvalue weighted by Crippen LogP contribution is 2.30. The summed E-state index contributed by atoms with van der Waals surface area (Å²) in [6.07, 6.45) is 6.37.